The van der Waals surface area contributed by atoms with E-state index in [-0.39, 0.29) is 11.3 Å². The van der Waals surface area contributed by atoms with Crippen LogP contribution in [-0.2, 0) is 12.5 Å². The molecule has 1 aliphatic carbocycles. The first-order valence-electron chi connectivity index (χ1n) is 13.0. The van der Waals surface area contributed by atoms with Crippen LogP contribution >= 0.6 is 0 Å². The van der Waals surface area contributed by atoms with Gasteiger partial charge in [0.05, 0.1) is 5.56 Å². The second-order valence-corrected chi connectivity index (χ2v) is 10.0. The highest BCUT2D eigenvalue weighted by molar-refractivity contribution is 5.77. The van der Waals surface area contributed by atoms with Gasteiger partial charge in [0.25, 0.3) is 0 Å². The fourth-order valence-corrected chi connectivity index (χ4v) is 5.69. The number of halogens is 3. The van der Waals surface area contributed by atoms with Crippen molar-refractivity contribution in [2.75, 3.05) is 0 Å². The normalized spacial score (nSPS) is 21.2. The van der Waals surface area contributed by atoms with E-state index in [1.54, 1.807) is 24.3 Å². The molecule has 1 nitrogen and oxygen atoms in total. The van der Waals surface area contributed by atoms with Gasteiger partial charge >= 0.3 is 6.11 Å². The van der Waals surface area contributed by atoms with Crippen molar-refractivity contribution in [3.8, 4) is 16.9 Å². The highest BCUT2D eigenvalue weighted by Crippen LogP contribution is 2.50. The van der Waals surface area contributed by atoms with Crippen molar-refractivity contribution in [1.82, 2.24) is 0 Å². The van der Waals surface area contributed by atoms with Gasteiger partial charge in [0.2, 0.25) is 0 Å². The number of hydrogen-bond acceptors (Lipinski definition) is 1. The molecule has 0 radical (unpaired) electrons. The number of aryl methyl sites for hydroxylation is 1. The Morgan fingerprint density at radius 2 is 1.61 bits per heavy atom. The molecule has 1 heterocycles. The van der Waals surface area contributed by atoms with Crippen molar-refractivity contribution in [3.05, 3.63) is 52.8 Å². The van der Waals surface area contributed by atoms with E-state index in [1.807, 2.05) is 6.07 Å². The predicted molar refractivity (Wildman–Crippen MR) is 128 cm³/mol. The van der Waals surface area contributed by atoms with Crippen LogP contribution < -0.4 is 4.74 Å². The molecule has 0 saturated heterocycles. The summed E-state index contributed by atoms with van der Waals surface area (Å²) < 4.78 is 50.4. The van der Waals surface area contributed by atoms with Gasteiger partial charge in [-0.05, 0) is 73.1 Å². The fourth-order valence-electron chi connectivity index (χ4n) is 5.69. The van der Waals surface area contributed by atoms with Gasteiger partial charge in [-0.15, -0.1) is 0 Å². The molecule has 0 spiro atoms. The quantitative estimate of drug-likeness (QED) is 0.340. The van der Waals surface area contributed by atoms with Gasteiger partial charge in [-0.1, -0.05) is 76.6 Å². The third-order valence-electron chi connectivity index (χ3n) is 7.62. The first-order chi connectivity index (χ1) is 15.9. The molecular weight excluding hydrogens is 421 g/mol. The summed E-state index contributed by atoms with van der Waals surface area (Å²) >= 11 is 0. The third-order valence-corrected chi connectivity index (χ3v) is 7.62. The van der Waals surface area contributed by atoms with Crippen LogP contribution in [0.5, 0.6) is 5.75 Å². The number of ether oxygens (including phenoxy) is 1. The Labute approximate surface area is 196 Å². The second-order valence-electron chi connectivity index (χ2n) is 10.0. The second kappa shape index (κ2) is 10.5. The monoisotopic (exact) mass is 458 g/mol. The first-order valence-corrected chi connectivity index (χ1v) is 13.0. The maximum absolute atomic E-state index is 15.2. The highest BCUT2D eigenvalue weighted by Gasteiger charge is 2.44. The van der Waals surface area contributed by atoms with Crippen LogP contribution in [0.3, 0.4) is 0 Å². The average molecular weight is 459 g/mol. The number of benzene rings is 2. The van der Waals surface area contributed by atoms with Crippen LogP contribution in [0.1, 0.15) is 107 Å². The lowest BCUT2D eigenvalue weighted by atomic mass is 9.76. The molecule has 1 saturated carbocycles. The molecule has 2 aromatic rings. The van der Waals surface area contributed by atoms with Crippen LogP contribution in [0.25, 0.3) is 11.1 Å². The smallest absolute Gasteiger partial charge is 0.425 e. The van der Waals surface area contributed by atoms with Crippen molar-refractivity contribution in [2.24, 2.45) is 5.92 Å². The number of alkyl halides is 2. The van der Waals surface area contributed by atoms with Crippen LogP contribution in [0.15, 0.2) is 30.3 Å². The molecule has 180 valence electrons. The average Bonchev–Trinajstić information content (AvgIpc) is 2.81. The third kappa shape index (κ3) is 5.25. The van der Waals surface area contributed by atoms with Gasteiger partial charge < -0.3 is 4.74 Å². The highest BCUT2D eigenvalue weighted by atomic mass is 19.3. The van der Waals surface area contributed by atoms with Gasteiger partial charge in [-0.2, -0.15) is 8.78 Å². The Kier molecular flexibility index (Phi) is 7.71. The van der Waals surface area contributed by atoms with E-state index >= 15 is 13.2 Å². The number of rotatable bonds is 9. The Balaban J connectivity index is 1.55. The minimum atomic E-state index is -3.53. The maximum Gasteiger partial charge on any atom is 0.427 e. The lowest BCUT2D eigenvalue weighted by Crippen LogP contribution is -2.28. The van der Waals surface area contributed by atoms with Gasteiger partial charge in [0.15, 0.2) is 11.6 Å². The molecule has 2 aromatic carbocycles. The zero-order valence-corrected chi connectivity index (χ0v) is 20.1. The summed E-state index contributed by atoms with van der Waals surface area (Å²) in [7, 11) is 0. The van der Waals surface area contributed by atoms with E-state index in [0.717, 1.165) is 62.8 Å². The summed E-state index contributed by atoms with van der Waals surface area (Å²) in [5, 5.41) is 0. The lowest BCUT2D eigenvalue weighted by Gasteiger charge is -2.32. The molecule has 1 aliphatic heterocycles. The summed E-state index contributed by atoms with van der Waals surface area (Å²) in [6.45, 7) is 4.37. The lowest BCUT2D eigenvalue weighted by molar-refractivity contribution is -0.188. The van der Waals surface area contributed by atoms with Gasteiger partial charge in [-0.25, -0.2) is 4.39 Å². The molecule has 33 heavy (non-hydrogen) atoms. The molecule has 0 atom stereocenters. The Morgan fingerprint density at radius 1 is 0.879 bits per heavy atom. The maximum atomic E-state index is 15.2. The molecule has 1 fully saturated rings. The number of fused-ring (bicyclic) bond motifs is 3. The van der Waals surface area contributed by atoms with Crippen molar-refractivity contribution in [2.45, 2.75) is 103 Å². The van der Waals surface area contributed by atoms with Crippen LogP contribution in [0.2, 0.25) is 0 Å². The van der Waals surface area contributed by atoms with Crippen molar-refractivity contribution < 1.29 is 17.9 Å². The van der Waals surface area contributed by atoms with Crippen molar-refractivity contribution >= 4 is 0 Å². The van der Waals surface area contributed by atoms with Gasteiger partial charge in [-0.3, -0.25) is 0 Å². The zero-order chi connectivity index (χ0) is 23.4. The molecule has 0 bridgehead atoms. The zero-order valence-electron chi connectivity index (χ0n) is 20.1. The summed E-state index contributed by atoms with van der Waals surface area (Å²) in [4.78, 5) is 0. The van der Waals surface area contributed by atoms with E-state index in [9.17, 15) is 0 Å². The Bertz CT molecular complexity index is 944. The predicted octanol–water partition coefficient (Wildman–Crippen LogP) is 9.52. The summed E-state index contributed by atoms with van der Waals surface area (Å²) in [6, 6.07) is 8.83. The Hall–Kier alpha value is -1.97. The standard InChI is InChI=1S/C29H37F3O/c1-3-5-6-7-8-10-22-15-18-25-24-17-16-23(21-13-11-20(9-4-2)12-14-21)19-26(24)29(31,32)33-28(25)27(22)30/h15-21H,3-14H2,1-2H3. The van der Waals surface area contributed by atoms with E-state index in [1.165, 1.54) is 19.3 Å². The topological polar surface area (TPSA) is 9.23 Å². The fraction of sp³-hybridized carbons (Fsp3) is 0.586. The first kappa shape index (κ1) is 24.2. The summed E-state index contributed by atoms with van der Waals surface area (Å²) in [6.07, 6.45) is 9.20. The van der Waals surface area contributed by atoms with E-state index in [2.05, 4.69) is 13.8 Å². The van der Waals surface area contributed by atoms with E-state index in [0.29, 0.717) is 29.0 Å². The molecule has 0 unspecified atom stereocenters. The molecular formula is C29H37F3O. The largest absolute Gasteiger partial charge is 0.427 e. The van der Waals surface area contributed by atoms with Gasteiger partial charge in [0.1, 0.15) is 0 Å². The molecule has 0 amide bonds. The molecule has 4 rings (SSSR count). The number of unbranched alkanes of at least 4 members (excludes halogenated alkanes) is 4. The van der Waals surface area contributed by atoms with E-state index in [4.69, 9.17) is 4.74 Å². The minimum absolute atomic E-state index is 0.130. The molecule has 0 N–H and O–H groups in total. The van der Waals surface area contributed by atoms with E-state index < -0.39 is 11.9 Å². The van der Waals surface area contributed by atoms with Crippen molar-refractivity contribution in [1.29, 1.82) is 0 Å². The van der Waals surface area contributed by atoms with Crippen LogP contribution in [-0.4, -0.2) is 0 Å². The summed E-state index contributed by atoms with van der Waals surface area (Å²) in [5.74, 6) is 0.148. The van der Waals surface area contributed by atoms with Crippen LogP contribution in [0.4, 0.5) is 13.2 Å². The minimum Gasteiger partial charge on any atom is -0.425 e. The van der Waals surface area contributed by atoms with Crippen molar-refractivity contribution in [3.63, 3.8) is 0 Å². The molecule has 0 aromatic heterocycles. The Morgan fingerprint density at radius 3 is 2.33 bits per heavy atom. The summed E-state index contributed by atoms with van der Waals surface area (Å²) in [5.41, 5.74) is 2.11. The number of hydrogen-bond donors (Lipinski definition) is 0. The molecule has 2 aliphatic rings. The molecule has 4 heteroatoms. The SMILES string of the molecule is CCCCCCCc1ccc2c(c1F)OC(F)(F)c1cc(C3CCC(CCC)CC3)ccc1-2. The van der Waals surface area contributed by atoms with Crippen LogP contribution in [0, 0.1) is 11.7 Å². The van der Waals surface area contributed by atoms with Gasteiger partial charge in [0, 0.05) is 5.56 Å².